The van der Waals surface area contributed by atoms with E-state index in [-0.39, 0.29) is 5.75 Å². The summed E-state index contributed by atoms with van der Waals surface area (Å²) in [6.45, 7) is 1.91. The molecule has 0 aliphatic rings. The molecule has 0 spiro atoms. The zero-order valence-electron chi connectivity index (χ0n) is 8.21. The SMILES string of the molecule is Cc1cnc(Oc2ccc(O)cc2)nc1. The molecule has 4 heteroatoms. The molecule has 4 nitrogen and oxygen atoms in total. The number of aromatic nitrogens is 2. The molecule has 0 amide bonds. The number of nitrogens with zero attached hydrogens (tertiary/aromatic N) is 2. The van der Waals surface area contributed by atoms with Crippen LogP contribution in [0.5, 0.6) is 17.5 Å². The van der Waals surface area contributed by atoms with E-state index >= 15 is 0 Å². The largest absolute Gasteiger partial charge is 0.508 e. The number of hydrogen-bond donors (Lipinski definition) is 1. The summed E-state index contributed by atoms with van der Waals surface area (Å²) in [5.41, 5.74) is 0.980. The first kappa shape index (κ1) is 9.45. The number of phenols is 1. The van der Waals surface area contributed by atoms with Gasteiger partial charge >= 0.3 is 6.01 Å². The van der Waals surface area contributed by atoms with Crippen LogP contribution in [0.1, 0.15) is 5.56 Å². The zero-order chi connectivity index (χ0) is 10.7. The Kier molecular flexibility index (Phi) is 2.49. The second-order valence-corrected chi connectivity index (χ2v) is 3.14. The molecule has 0 aliphatic carbocycles. The third-order valence-electron chi connectivity index (χ3n) is 1.80. The number of aromatic hydroxyl groups is 1. The summed E-state index contributed by atoms with van der Waals surface area (Å²) >= 11 is 0. The van der Waals surface area contributed by atoms with Gasteiger partial charge < -0.3 is 9.84 Å². The van der Waals surface area contributed by atoms with E-state index in [0.717, 1.165) is 5.56 Å². The average Bonchev–Trinajstić information content (AvgIpc) is 2.25. The van der Waals surface area contributed by atoms with Gasteiger partial charge in [-0.2, -0.15) is 0 Å². The minimum Gasteiger partial charge on any atom is -0.508 e. The van der Waals surface area contributed by atoms with E-state index in [2.05, 4.69) is 9.97 Å². The Hall–Kier alpha value is -2.10. The van der Waals surface area contributed by atoms with Gasteiger partial charge in [0.05, 0.1) is 0 Å². The van der Waals surface area contributed by atoms with Gasteiger partial charge in [0.15, 0.2) is 0 Å². The van der Waals surface area contributed by atoms with Crippen LogP contribution in [0.2, 0.25) is 0 Å². The highest BCUT2D eigenvalue weighted by Crippen LogP contribution is 2.20. The van der Waals surface area contributed by atoms with Gasteiger partial charge in [0.25, 0.3) is 0 Å². The van der Waals surface area contributed by atoms with E-state index in [1.165, 1.54) is 0 Å². The second-order valence-electron chi connectivity index (χ2n) is 3.14. The van der Waals surface area contributed by atoms with Crippen LogP contribution in [0.4, 0.5) is 0 Å². The molecule has 2 rings (SSSR count). The van der Waals surface area contributed by atoms with Gasteiger partial charge in [0.2, 0.25) is 0 Å². The van der Waals surface area contributed by atoms with Crippen LogP contribution in [0, 0.1) is 6.92 Å². The predicted octanol–water partition coefficient (Wildman–Crippen LogP) is 2.28. The van der Waals surface area contributed by atoms with Crippen LogP contribution in [-0.2, 0) is 0 Å². The van der Waals surface area contributed by atoms with Crippen molar-refractivity contribution in [2.75, 3.05) is 0 Å². The summed E-state index contributed by atoms with van der Waals surface area (Å²) in [6.07, 6.45) is 3.37. The zero-order valence-corrected chi connectivity index (χ0v) is 8.21. The molecule has 0 radical (unpaired) electrons. The lowest BCUT2D eigenvalue weighted by Crippen LogP contribution is -1.91. The van der Waals surface area contributed by atoms with Gasteiger partial charge in [-0.15, -0.1) is 0 Å². The van der Waals surface area contributed by atoms with Gasteiger partial charge in [-0.25, -0.2) is 9.97 Å². The normalized spacial score (nSPS) is 9.93. The van der Waals surface area contributed by atoms with Crippen LogP contribution in [-0.4, -0.2) is 15.1 Å². The Morgan fingerprint density at radius 3 is 2.27 bits per heavy atom. The van der Waals surface area contributed by atoms with E-state index in [1.54, 1.807) is 36.7 Å². The molecule has 1 aromatic heterocycles. The molecule has 1 heterocycles. The van der Waals surface area contributed by atoms with Crippen LogP contribution >= 0.6 is 0 Å². The number of aryl methyl sites for hydroxylation is 1. The van der Waals surface area contributed by atoms with Crippen molar-refractivity contribution in [2.45, 2.75) is 6.92 Å². The fraction of sp³-hybridized carbons (Fsp3) is 0.0909. The molecule has 0 aliphatic heterocycles. The summed E-state index contributed by atoms with van der Waals surface area (Å²) in [7, 11) is 0. The topological polar surface area (TPSA) is 55.2 Å². The number of phenolic OH excluding ortho intramolecular Hbond substituents is 1. The fourth-order valence-corrected chi connectivity index (χ4v) is 1.05. The molecule has 76 valence electrons. The smallest absolute Gasteiger partial charge is 0.321 e. The molecular weight excluding hydrogens is 192 g/mol. The molecule has 0 fully saturated rings. The van der Waals surface area contributed by atoms with Crippen LogP contribution < -0.4 is 4.74 Å². The Morgan fingerprint density at radius 2 is 1.67 bits per heavy atom. The lowest BCUT2D eigenvalue weighted by molar-refractivity contribution is 0.437. The van der Waals surface area contributed by atoms with Gasteiger partial charge in [-0.3, -0.25) is 0 Å². The van der Waals surface area contributed by atoms with Gasteiger partial charge in [-0.1, -0.05) is 0 Å². The standard InChI is InChI=1S/C11H10N2O2/c1-8-6-12-11(13-7-8)15-10-4-2-9(14)3-5-10/h2-7,14H,1H3. The maximum absolute atomic E-state index is 9.07. The van der Waals surface area contributed by atoms with Crippen molar-refractivity contribution in [1.29, 1.82) is 0 Å². The first-order valence-electron chi connectivity index (χ1n) is 4.49. The van der Waals surface area contributed by atoms with E-state index < -0.39 is 0 Å². The molecular formula is C11H10N2O2. The minimum atomic E-state index is 0.201. The van der Waals surface area contributed by atoms with Crippen LogP contribution in [0.25, 0.3) is 0 Å². The second kappa shape index (κ2) is 3.96. The van der Waals surface area contributed by atoms with Crippen molar-refractivity contribution in [1.82, 2.24) is 9.97 Å². The molecule has 1 N–H and O–H groups in total. The summed E-state index contributed by atoms with van der Waals surface area (Å²) < 4.78 is 5.36. The Labute approximate surface area is 87.2 Å². The van der Waals surface area contributed by atoms with Gasteiger partial charge in [-0.05, 0) is 36.8 Å². The van der Waals surface area contributed by atoms with Crippen molar-refractivity contribution in [3.05, 3.63) is 42.2 Å². The molecule has 15 heavy (non-hydrogen) atoms. The predicted molar refractivity (Wildman–Crippen MR) is 54.9 cm³/mol. The molecule has 0 unspecified atom stereocenters. The molecule has 0 saturated carbocycles. The first-order chi connectivity index (χ1) is 7.24. The van der Waals surface area contributed by atoms with Crippen molar-refractivity contribution in [2.24, 2.45) is 0 Å². The van der Waals surface area contributed by atoms with Crippen molar-refractivity contribution >= 4 is 0 Å². The minimum absolute atomic E-state index is 0.201. The van der Waals surface area contributed by atoms with Gasteiger partial charge in [0, 0.05) is 12.4 Å². The van der Waals surface area contributed by atoms with Crippen molar-refractivity contribution < 1.29 is 9.84 Å². The lowest BCUT2D eigenvalue weighted by Gasteiger charge is -2.02. The monoisotopic (exact) mass is 202 g/mol. The third kappa shape index (κ3) is 2.43. The van der Waals surface area contributed by atoms with Crippen LogP contribution in [0.15, 0.2) is 36.7 Å². The Bertz CT molecular complexity index is 394. The maximum Gasteiger partial charge on any atom is 0.321 e. The molecule has 1 aromatic carbocycles. The Balaban J connectivity index is 2.15. The lowest BCUT2D eigenvalue weighted by atomic mass is 10.3. The fourth-order valence-electron chi connectivity index (χ4n) is 1.05. The molecule has 2 aromatic rings. The highest BCUT2D eigenvalue weighted by molar-refractivity contribution is 5.31. The average molecular weight is 202 g/mol. The van der Waals surface area contributed by atoms with E-state index in [4.69, 9.17) is 9.84 Å². The number of rotatable bonds is 2. The quantitative estimate of drug-likeness (QED) is 0.811. The summed E-state index contributed by atoms with van der Waals surface area (Å²) in [6, 6.07) is 6.69. The molecule has 0 atom stereocenters. The first-order valence-corrected chi connectivity index (χ1v) is 4.49. The van der Waals surface area contributed by atoms with Crippen LogP contribution in [0.3, 0.4) is 0 Å². The van der Waals surface area contributed by atoms with E-state index in [0.29, 0.717) is 11.8 Å². The molecule has 0 bridgehead atoms. The number of benzene rings is 1. The third-order valence-corrected chi connectivity index (χ3v) is 1.80. The van der Waals surface area contributed by atoms with E-state index in [9.17, 15) is 0 Å². The summed E-state index contributed by atoms with van der Waals surface area (Å²) in [4.78, 5) is 8.00. The van der Waals surface area contributed by atoms with Gasteiger partial charge in [0.1, 0.15) is 11.5 Å². The van der Waals surface area contributed by atoms with Crippen molar-refractivity contribution in [3.8, 4) is 17.5 Å². The Morgan fingerprint density at radius 1 is 1.07 bits per heavy atom. The maximum atomic E-state index is 9.07. The number of hydrogen-bond acceptors (Lipinski definition) is 4. The highest BCUT2D eigenvalue weighted by Gasteiger charge is 1.99. The molecule has 0 saturated heterocycles. The van der Waals surface area contributed by atoms with Crippen molar-refractivity contribution in [3.63, 3.8) is 0 Å². The van der Waals surface area contributed by atoms with E-state index in [1.807, 2.05) is 6.92 Å². The summed E-state index contributed by atoms with van der Waals surface area (Å²) in [5.74, 6) is 0.795. The number of ether oxygens (including phenoxy) is 1. The summed E-state index contributed by atoms with van der Waals surface area (Å²) in [5, 5.41) is 9.07. The highest BCUT2D eigenvalue weighted by atomic mass is 16.5.